The third-order valence-corrected chi connectivity index (χ3v) is 6.90. The number of carbonyl (C=O) groups is 1. The fourth-order valence-electron chi connectivity index (χ4n) is 3.49. The summed E-state index contributed by atoms with van der Waals surface area (Å²) >= 11 is 1.30. The van der Waals surface area contributed by atoms with Crippen molar-refractivity contribution in [1.82, 2.24) is 30.6 Å². The van der Waals surface area contributed by atoms with Gasteiger partial charge in [0.1, 0.15) is 5.69 Å². The number of carbonyl (C=O) groups excluding carboxylic acids is 1. The first-order chi connectivity index (χ1) is 17.4. The largest absolute Gasteiger partial charge is 0.477 e. The van der Waals surface area contributed by atoms with E-state index in [2.05, 4.69) is 37.5 Å². The van der Waals surface area contributed by atoms with Gasteiger partial charge in [-0.2, -0.15) is 0 Å². The third kappa shape index (κ3) is 8.34. The Hall–Kier alpha value is -2.91. The molecule has 3 aromatic heterocycles. The maximum absolute atomic E-state index is 12.9. The quantitative estimate of drug-likeness (QED) is 0.416. The van der Waals surface area contributed by atoms with Gasteiger partial charge < -0.3 is 15.4 Å². The summed E-state index contributed by atoms with van der Waals surface area (Å²) in [5.41, 5.74) is 2.69. The predicted molar refractivity (Wildman–Crippen MR) is 148 cm³/mol. The zero-order valence-corrected chi connectivity index (χ0v) is 22.8. The van der Waals surface area contributed by atoms with Gasteiger partial charge in [-0.1, -0.05) is 26.2 Å². The van der Waals surface area contributed by atoms with E-state index in [0.717, 1.165) is 34.9 Å². The third-order valence-electron chi connectivity index (χ3n) is 5.89. The molecule has 5 rings (SSSR count). The van der Waals surface area contributed by atoms with Crippen LogP contribution in [-0.2, 0) is 0 Å². The van der Waals surface area contributed by atoms with E-state index in [0.29, 0.717) is 29.1 Å². The topological polar surface area (TPSA) is 102 Å². The average Bonchev–Trinajstić information content (AvgIpc) is 3.45. The van der Waals surface area contributed by atoms with Crippen molar-refractivity contribution in [2.24, 2.45) is 11.8 Å². The van der Waals surface area contributed by atoms with Crippen LogP contribution in [0.15, 0.2) is 36.9 Å². The Labute approximate surface area is 221 Å². The molecule has 0 unspecified atom stereocenters. The summed E-state index contributed by atoms with van der Waals surface area (Å²) in [5.74, 6) is 1.77. The van der Waals surface area contributed by atoms with Crippen molar-refractivity contribution in [3.63, 3.8) is 0 Å². The lowest BCUT2D eigenvalue weighted by molar-refractivity contribution is 0.0898. The van der Waals surface area contributed by atoms with Crippen molar-refractivity contribution in [3.8, 4) is 16.5 Å². The van der Waals surface area contributed by atoms with E-state index >= 15 is 0 Å². The highest BCUT2D eigenvalue weighted by Gasteiger charge is 2.31. The van der Waals surface area contributed by atoms with Gasteiger partial charge in [0, 0.05) is 15.2 Å². The summed E-state index contributed by atoms with van der Waals surface area (Å²) in [7, 11) is 3.75. The number of aromatic nitrogens is 4. The molecule has 2 aliphatic carbocycles. The highest BCUT2D eigenvalue weighted by Crippen LogP contribution is 2.37. The van der Waals surface area contributed by atoms with E-state index in [9.17, 15) is 4.79 Å². The van der Waals surface area contributed by atoms with Crippen molar-refractivity contribution < 1.29 is 12.4 Å². The number of rotatable bonds is 7. The monoisotopic (exact) mass is 514 g/mol. The number of nitrogens with zero attached hydrogens (tertiary/aromatic N) is 4. The fourth-order valence-corrected chi connectivity index (χ4v) is 4.26. The molecule has 0 aromatic carbocycles. The van der Waals surface area contributed by atoms with Gasteiger partial charge in [-0.3, -0.25) is 14.8 Å². The molecule has 0 saturated heterocycles. The summed E-state index contributed by atoms with van der Waals surface area (Å²) < 4.78 is 5.40. The zero-order chi connectivity index (χ0) is 25.9. The van der Waals surface area contributed by atoms with Gasteiger partial charge in [0.2, 0.25) is 5.88 Å². The van der Waals surface area contributed by atoms with E-state index < -0.39 is 0 Å². The number of aryl methyl sites for hydroxylation is 1. The van der Waals surface area contributed by atoms with Crippen molar-refractivity contribution in [1.29, 1.82) is 0 Å². The minimum absolute atomic E-state index is 0. The van der Waals surface area contributed by atoms with Crippen molar-refractivity contribution in [2.45, 2.75) is 58.9 Å². The molecule has 3 aromatic rings. The van der Waals surface area contributed by atoms with Crippen LogP contribution in [0.25, 0.3) is 10.6 Å². The molecule has 0 radical (unpaired) electrons. The summed E-state index contributed by atoms with van der Waals surface area (Å²) in [4.78, 5) is 31.1. The lowest BCUT2D eigenvalue weighted by atomic mass is 9.78. The molecule has 0 bridgehead atoms. The van der Waals surface area contributed by atoms with Crippen LogP contribution in [-0.4, -0.2) is 46.5 Å². The maximum Gasteiger partial charge on any atom is 0.280 e. The van der Waals surface area contributed by atoms with Crippen LogP contribution < -0.4 is 15.4 Å². The van der Waals surface area contributed by atoms with Crippen LogP contribution in [0.1, 0.15) is 75.9 Å². The Balaban J connectivity index is 0.000000709. The number of thiazole rings is 1. The average molecular weight is 515 g/mol. The zero-order valence-electron chi connectivity index (χ0n) is 22.0. The van der Waals surface area contributed by atoms with Crippen LogP contribution >= 0.6 is 11.3 Å². The van der Waals surface area contributed by atoms with Gasteiger partial charge in [-0.25, -0.2) is 9.97 Å². The second-order valence-corrected chi connectivity index (χ2v) is 10.3. The molecular formula is C27H42N6O2S. The molecule has 36 heavy (non-hydrogen) atoms. The van der Waals surface area contributed by atoms with E-state index in [4.69, 9.17) is 4.74 Å². The molecular weight excluding hydrogens is 472 g/mol. The van der Waals surface area contributed by atoms with Gasteiger partial charge in [-0.05, 0) is 70.3 Å². The Morgan fingerprint density at radius 2 is 1.92 bits per heavy atom. The van der Waals surface area contributed by atoms with Crippen molar-refractivity contribution in [3.05, 3.63) is 53.2 Å². The Morgan fingerprint density at radius 1 is 1.19 bits per heavy atom. The molecule has 1 atom stereocenters. The molecule has 198 valence electrons. The number of pyridine rings is 1. The highest BCUT2D eigenvalue weighted by atomic mass is 32.1. The maximum atomic E-state index is 12.9. The molecule has 1 amide bonds. The van der Waals surface area contributed by atoms with E-state index in [1.165, 1.54) is 30.6 Å². The van der Waals surface area contributed by atoms with Gasteiger partial charge in [0.05, 0.1) is 35.6 Å². The number of hydrogen-bond acceptors (Lipinski definition) is 8. The molecule has 2 N–H and O–H groups in total. The minimum Gasteiger partial charge on any atom is -0.477 e. The standard InChI is InChI=1S/C21H23N5O2S.C4H8.C2H7N.2H2/c1-3-28-18-12-22-10-16(25-18)17-11-24-21(29-17)20(27)26-19(14-5-4-6-14)15-9-13(2)7-8-23-15;1-4-2-3-4;1-3-2;;/h7-12,14,19H,3-6H2,1-2H3,(H,26,27);4H,2-3H2,1H3;3H,1-2H3;2*1H/t19-;;;;/m0..../s1. The van der Waals surface area contributed by atoms with Crippen LogP contribution in [0.3, 0.4) is 0 Å². The first-order valence-corrected chi connectivity index (χ1v) is 13.5. The molecule has 2 fully saturated rings. The normalized spacial score (nSPS) is 15.4. The first kappa shape index (κ1) is 27.7. The van der Waals surface area contributed by atoms with Crippen molar-refractivity contribution >= 4 is 17.2 Å². The minimum atomic E-state index is -0.185. The second kappa shape index (κ2) is 14.0. The lowest BCUT2D eigenvalue weighted by Crippen LogP contribution is -2.36. The number of ether oxygens (including phenoxy) is 1. The lowest BCUT2D eigenvalue weighted by Gasteiger charge is -2.33. The number of hydrogen-bond donors (Lipinski definition) is 2. The summed E-state index contributed by atoms with van der Waals surface area (Å²) in [5, 5.41) is 6.31. The van der Waals surface area contributed by atoms with E-state index in [1.807, 2.05) is 40.1 Å². The smallest absolute Gasteiger partial charge is 0.280 e. The molecule has 0 aliphatic heterocycles. The van der Waals surface area contributed by atoms with E-state index in [1.54, 1.807) is 24.8 Å². The second-order valence-electron chi connectivity index (χ2n) is 9.29. The van der Waals surface area contributed by atoms with Crippen LogP contribution in [0.2, 0.25) is 0 Å². The number of amides is 1. The molecule has 2 saturated carbocycles. The van der Waals surface area contributed by atoms with Gasteiger partial charge in [-0.15, -0.1) is 11.3 Å². The SMILES string of the molecule is CC1CC1.CCOc1cncc(-c2cnc(C(=O)N[C@H](c3cc(C)ccn3)C3CCC3)s2)n1.CNC.[HH].[HH]. The van der Waals surface area contributed by atoms with Crippen LogP contribution in [0.5, 0.6) is 5.88 Å². The molecule has 2 aliphatic rings. The Morgan fingerprint density at radius 3 is 2.50 bits per heavy atom. The van der Waals surface area contributed by atoms with Crippen LogP contribution in [0.4, 0.5) is 0 Å². The van der Waals surface area contributed by atoms with Crippen molar-refractivity contribution in [2.75, 3.05) is 20.7 Å². The van der Waals surface area contributed by atoms with Gasteiger partial charge >= 0.3 is 0 Å². The predicted octanol–water partition coefficient (Wildman–Crippen LogP) is 5.72. The molecule has 0 spiro atoms. The number of nitrogens with one attached hydrogen (secondary N) is 2. The fraction of sp³-hybridized carbons (Fsp3) is 0.519. The van der Waals surface area contributed by atoms with E-state index in [-0.39, 0.29) is 14.8 Å². The summed E-state index contributed by atoms with van der Waals surface area (Å²) in [6.45, 7) is 6.73. The molecule has 9 heteroatoms. The first-order valence-electron chi connectivity index (χ1n) is 12.7. The van der Waals surface area contributed by atoms with Crippen LogP contribution in [0, 0.1) is 18.8 Å². The Bertz CT molecular complexity index is 1110. The van der Waals surface area contributed by atoms with Gasteiger partial charge in [0.25, 0.3) is 5.91 Å². The van der Waals surface area contributed by atoms with Gasteiger partial charge in [0.15, 0.2) is 5.01 Å². The summed E-state index contributed by atoms with van der Waals surface area (Å²) in [6, 6.07) is 3.92. The Kier molecular flexibility index (Phi) is 10.8. The molecule has 8 nitrogen and oxygen atoms in total. The summed E-state index contributed by atoms with van der Waals surface area (Å²) in [6.07, 6.45) is 13.0. The highest BCUT2D eigenvalue weighted by molar-refractivity contribution is 7.16. The molecule has 3 heterocycles.